The molecule has 0 saturated carbocycles. The summed E-state index contributed by atoms with van der Waals surface area (Å²) in [4.78, 5) is 21.3. The Hall–Kier alpha value is -3.52. The molecule has 9 nitrogen and oxygen atoms in total. The molecule has 0 fully saturated rings. The highest BCUT2D eigenvalue weighted by molar-refractivity contribution is 7.27. The van der Waals surface area contributed by atoms with E-state index in [1.807, 2.05) is 74.5 Å². The topological polar surface area (TPSA) is 123 Å². The zero-order chi connectivity index (χ0) is 26.4. The van der Waals surface area contributed by atoms with Crippen LogP contribution in [0.15, 0.2) is 84.9 Å². The number of para-hydroxylation sites is 1. The lowest BCUT2D eigenvalue weighted by atomic mass is 10.1. The van der Waals surface area contributed by atoms with Gasteiger partial charge in [0.05, 0.1) is 17.1 Å². The molecule has 0 spiro atoms. The minimum atomic E-state index is -0.602. The van der Waals surface area contributed by atoms with Crippen LogP contribution in [0.2, 0.25) is 0 Å². The first-order chi connectivity index (χ1) is 17.2. The molecule has 10 heteroatoms. The fourth-order valence-corrected chi connectivity index (χ4v) is 3.02. The third-order valence-electron chi connectivity index (χ3n) is 4.52. The lowest BCUT2D eigenvalue weighted by Gasteiger charge is -2.25. The van der Waals surface area contributed by atoms with E-state index in [9.17, 15) is 14.9 Å². The molecule has 3 rings (SSSR count). The molecule has 0 aromatic heterocycles. The first-order valence-corrected chi connectivity index (χ1v) is 12.0. The van der Waals surface area contributed by atoms with Crippen molar-refractivity contribution in [3.63, 3.8) is 0 Å². The summed E-state index contributed by atoms with van der Waals surface area (Å²) in [5.41, 5.74) is 6.01. The number of benzene rings is 3. The average molecular weight is 515 g/mol. The van der Waals surface area contributed by atoms with E-state index in [4.69, 9.17) is 24.3 Å². The van der Waals surface area contributed by atoms with Crippen molar-refractivity contribution < 1.29 is 28.2 Å². The summed E-state index contributed by atoms with van der Waals surface area (Å²) in [6, 6.07) is 24.4. The maximum absolute atomic E-state index is 11.3. The Kier molecular flexibility index (Phi) is 11.8. The maximum Gasteiger partial charge on any atom is 0.322 e. The molecular formula is C26H31N2O7P. The van der Waals surface area contributed by atoms with Crippen molar-refractivity contribution in [3.8, 4) is 11.5 Å². The molecule has 192 valence electrons. The van der Waals surface area contributed by atoms with Crippen molar-refractivity contribution in [2.75, 3.05) is 6.61 Å². The van der Waals surface area contributed by atoms with Crippen LogP contribution < -0.4 is 14.8 Å². The molecule has 2 unspecified atom stereocenters. The summed E-state index contributed by atoms with van der Waals surface area (Å²) in [6.07, 6.45) is 0. The highest BCUT2D eigenvalue weighted by Gasteiger charge is 2.22. The minimum Gasteiger partial charge on any atom is -0.461 e. The van der Waals surface area contributed by atoms with Gasteiger partial charge in [-0.1, -0.05) is 48.5 Å². The van der Waals surface area contributed by atoms with Crippen LogP contribution in [0.25, 0.3) is 0 Å². The van der Waals surface area contributed by atoms with Gasteiger partial charge in [-0.25, -0.2) is 0 Å². The predicted octanol–water partition coefficient (Wildman–Crippen LogP) is 5.43. The minimum absolute atomic E-state index is 0.0367. The van der Waals surface area contributed by atoms with Gasteiger partial charge in [0.25, 0.3) is 14.7 Å². The molecule has 0 saturated heterocycles. The summed E-state index contributed by atoms with van der Waals surface area (Å²) >= 11 is 0. The van der Waals surface area contributed by atoms with Crippen LogP contribution >= 0.6 is 9.03 Å². The van der Waals surface area contributed by atoms with Gasteiger partial charge in [-0.15, -0.1) is 0 Å². The van der Waals surface area contributed by atoms with Crippen LogP contribution in [0.3, 0.4) is 0 Å². The summed E-state index contributed by atoms with van der Waals surface area (Å²) < 4.78 is 21.5. The number of carbonyl (C=O) groups excluding carboxylic acids is 1. The van der Waals surface area contributed by atoms with E-state index in [0.29, 0.717) is 12.4 Å². The Morgan fingerprint density at radius 2 is 1.47 bits per heavy atom. The number of hydrogen-bond acceptors (Lipinski definition) is 8. The van der Waals surface area contributed by atoms with E-state index in [0.717, 1.165) is 11.3 Å². The predicted molar refractivity (Wildman–Crippen MR) is 139 cm³/mol. The Balaban J connectivity index is 0.000000254. The number of non-ortho nitro benzene ring substituents is 1. The maximum atomic E-state index is 11.3. The number of nitrogens with two attached hydrogens (primary N) is 1. The second-order valence-corrected chi connectivity index (χ2v) is 8.86. The van der Waals surface area contributed by atoms with E-state index in [-0.39, 0.29) is 21.3 Å². The largest absolute Gasteiger partial charge is 0.461 e. The van der Waals surface area contributed by atoms with Gasteiger partial charge in [-0.2, -0.15) is 0 Å². The fraction of sp³-hybridized carbons (Fsp3) is 0.269. The summed E-state index contributed by atoms with van der Waals surface area (Å²) in [5, 5.41) is 10.5. The SMILES string of the molecule is CC(N)C(=O)OCC(C)(C)OCc1ccccc1.O=[N+]([O-])c1ccc(OPOc2ccccc2)cc1. The van der Waals surface area contributed by atoms with E-state index in [1.165, 1.54) is 12.1 Å². The molecule has 0 bridgehead atoms. The highest BCUT2D eigenvalue weighted by Crippen LogP contribution is 2.26. The first-order valence-electron chi connectivity index (χ1n) is 11.1. The van der Waals surface area contributed by atoms with Crippen LogP contribution in [-0.4, -0.2) is 29.1 Å². The Bertz CT molecular complexity index is 1060. The molecule has 3 aromatic rings. The van der Waals surface area contributed by atoms with Crippen LogP contribution in [-0.2, 0) is 20.9 Å². The van der Waals surface area contributed by atoms with Crippen LogP contribution in [0.1, 0.15) is 26.3 Å². The van der Waals surface area contributed by atoms with Crippen molar-refractivity contribution >= 4 is 20.7 Å². The number of nitrogens with zero attached hydrogens (tertiary/aromatic N) is 1. The molecule has 0 amide bonds. The zero-order valence-electron chi connectivity index (χ0n) is 20.5. The lowest BCUT2D eigenvalue weighted by Crippen LogP contribution is -2.36. The van der Waals surface area contributed by atoms with Gasteiger partial charge in [0, 0.05) is 12.1 Å². The first kappa shape index (κ1) is 28.7. The standard InChI is InChI=1S/C14H21NO3.C12H10NO4P/c1-11(15)13(16)17-10-14(2,3)18-9-12-7-5-4-6-8-12;14-13(15)10-6-8-12(9-7-10)17-18-16-11-4-2-1-3-5-11/h4-8,11H,9-10,15H2,1-3H3;1-9,18H. The van der Waals surface area contributed by atoms with Gasteiger partial charge in [-0.05, 0) is 50.6 Å². The third-order valence-corrected chi connectivity index (χ3v) is 5.15. The Morgan fingerprint density at radius 3 is 2.00 bits per heavy atom. The molecule has 0 radical (unpaired) electrons. The van der Waals surface area contributed by atoms with Crippen LogP contribution in [0, 0.1) is 10.1 Å². The summed E-state index contributed by atoms with van der Waals surface area (Å²) in [6.45, 7) is 6.04. The molecule has 3 aromatic carbocycles. The van der Waals surface area contributed by atoms with Gasteiger partial charge in [0.15, 0.2) is 0 Å². The molecule has 2 N–H and O–H groups in total. The molecule has 0 aliphatic carbocycles. The molecule has 0 aliphatic rings. The third kappa shape index (κ3) is 11.3. The smallest absolute Gasteiger partial charge is 0.322 e. The number of rotatable bonds is 11. The monoisotopic (exact) mass is 514 g/mol. The van der Waals surface area contributed by atoms with Gasteiger partial charge in [-0.3, -0.25) is 14.9 Å². The van der Waals surface area contributed by atoms with E-state index in [2.05, 4.69) is 0 Å². The normalized spacial score (nSPS) is 11.8. The number of esters is 1. The van der Waals surface area contributed by atoms with Gasteiger partial charge in [0.2, 0.25) is 0 Å². The Morgan fingerprint density at radius 1 is 0.944 bits per heavy atom. The van der Waals surface area contributed by atoms with Gasteiger partial charge >= 0.3 is 5.97 Å². The van der Waals surface area contributed by atoms with Crippen molar-refractivity contribution in [3.05, 3.63) is 101 Å². The second kappa shape index (κ2) is 14.8. The van der Waals surface area contributed by atoms with Crippen molar-refractivity contribution in [2.45, 2.75) is 39.0 Å². The van der Waals surface area contributed by atoms with Crippen molar-refractivity contribution in [2.24, 2.45) is 5.73 Å². The van der Waals surface area contributed by atoms with E-state index in [1.54, 1.807) is 19.1 Å². The quantitative estimate of drug-likeness (QED) is 0.155. The zero-order valence-corrected chi connectivity index (χ0v) is 21.5. The second-order valence-electron chi connectivity index (χ2n) is 8.28. The van der Waals surface area contributed by atoms with Crippen molar-refractivity contribution in [1.82, 2.24) is 0 Å². The van der Waals surface area contributed by atoms with E-state index >= 15 is 0 Å². The van der Waals surface area contributed by atoms with Gasteiger partial charge < -0.3 is 24.3 Å². The summed E-state index contributed by atoms with van der Waals surface area (Å²) in [7, 11) is -0.191. The number of carbonyl (C=O) groups is 1. The highest BCUT2D eigenvalue weighted by atomic mass is 31.1. The number of ether oxygens (including phenoxy) is 2. The lowest BCUT2D eigenvalue weighted by molar-refractivity contribution is -0.384. The molecule has 0 heterocycles. The summed E-state index contributed by atoms with van der Waals surface area (Å²) in [5.74, 6) is 0.846. The van der Waals surface area contributed by atoms with E-state index < -0.39 is 22.5 Å². The van der Waals surface area contributed by atoms with Crippen molar-refractivity contribution in [1.29, 1.82) is 0 Å². The average Bonchev–Trinajstić information content (AvgIpc) is 2.88. The molecule has 0 aliphatic heterocycles. The van der Waals surface area contributed by atoms with Crippen LogP contribution in [0.5, 0.6) is 11.5 Å². The number of hydrogen-bond donors (Lipinski definition) is 1. The number of nitro benzene ring substituents is 1. The Labute approximate surface area is 212 Å². The fourth-order valence-electron chi connectivity index (χ4n) is 2.51. The van der Waals surface area contributed by atoms with Crippen LogP contribution in [0.4, 0.5) is 5.69 Å². The molecular weight excluding hydrogens is 483 g/mol. The van der Waals surface area contributed by atoms with Gasteiger partial charge in [0.1, 0.15) is 24.1 Å². The molecule has 2 atom stereocenters. The molecule has 36 heavy (non-hydrogen) atoms. The number of nitro groups is 1.